The predicted octanol–water partition coefficient (Wildman–Crippen LogP) is 21.1. The quantitative estimate of drug-likeness (QED) is 0.140. The summed E-state index contributed by atoms with van der Waals surface area (Å²) >= 11 is 0. The van der Waals surface area contributed by atoms with Crippen molar-refractivity contribution in [2.75, 3.05) is 0 Å². The largest absolute Gasteiger partial charge is 0.309 e. The van der Waals surface area contributed by atoms with Crippen LogP contribution >= 0.6 is 0 Å². The molecule has 0 fully saturated rings. The van der Waals surface area contributed by atoms with Crippen molar-refractivity contribution < 1.29 is 0 Å². The second-order valence-corrected chi connectivity index (χ2v) is 22.8. The first-order valence-electron chi connectivity index (χ1n) is 27.9. The first-order chi connectivity index (χ1) is 39.2. The number of aromatic nitrogens is 2. The number of nitriles is 1. The zero-order chi connectivity index (χ0) is 56.0. The van der Waals surface area contributed by atoms with Gasteiger partial charge in [-0.2, -0.15) is 5.26 Å². The highest BCUT2D eigenvalue weighted by Gasteiger charge is 2.23. The minimum absolute atomic E-state index is 0.554. The van der Waals surface area contributed by atoms with E-state index in [1.54, 1.807) is 0 Å². The average Bonchev–Trinajstić information content (AvgIpc) is 4.21. The van der Waals surface area contributed by atoms with Gasteiger partial charge in [0, 0.05) is 27.2 Å². The predicted molar refractivity (Wildman–Crippen MR) is 341 cm³/mol. The highest BCUT2D eigenvalue weighted by molar-refractivity contribution is 6.14. The topological polar surface area (TPSA) is 38.0 Å². The molecule has 0 saturated heterocycles. The third-order valence-electron chi connectivity index (χ3n) is 16.3. The molecule has 0 aliphatic heterocycles. The number of fused-ring (bicyclic) bond motifs is 6. The van der Waals surface area contributed by atoms with Crippen LogP contribution in [0.5, 0.6) is 0 Å². The lowest BCUT2D eigenvalue weighted by molar-refractivity contribution is 1.17. The molecule has 0 saturated carbocycles. The molecule has 4 heteroatoms. The summed E-state index contributed by atoms with van der Waals surface area (Å²) in [6, 6.07) is 76.1. The fraction of sp³-hybridized carbons (Fsp3) is 0.117. The van der Waals surface area contributed by atoms with Gasteiger partial charge in [-0.1, -0.05) is 160 Å². The van der Waals surface area contributed by atoms with Crippen molar-refractivity contribution >= 4 is 49.3 Å². The molecule has 13 rings (SSSR count). The van der Waals surface area contributed by atoms with Crippen LogP contribution in [0.15, 0.2) is 200 Å². The molecule has 0 amide bonds. The summed E-state index contributed by atoms with van der Waals surface area (Å²) in [6.45, 7) is 28.3. The third kappa shape index (κ3) is 9.06. The first-order valence-corrected chi connectivity index (χ1v) is 27.9. The molecule has 0 atom stereocenters. The maximum Gasteiger partial charge on any atom is 0.195 e. The summed E-state index contributed by atoms with van der Waals surface area (Å²) in [5.74, 6) is 0. The summed E-state index contributed by atoms with van der Waals surface area (Å²) in [5.41, 5.74) is 31.5. The van der Waals surface area contributed by atoms with Gasteiger partial charge in [0.05, 0.1) is 46.0 Å². The van der Waals surface area contributed by atoms with Crippen LogP contribution in [0.3, 0.4) is 0 Å². The summed E-state index contributed by atoms with van der Waals surface area (Å²) in [4.78, 5) is 4.32. The van der Waals surface area contributed by atoms with E-state index in [1.807, 2.05) is 18.2 Å². The molecule has 0 bridgehead atoms. The monoisotopic (exact) mass is 1040 g/mol. The smallest absolute Gasteiger partial charge is 0.195 e. The zero-order valence-electron chi connectivity index (χ0n) is 47.3. The van der Waals surface area contributed by atoms with E-state index in [-0.39, 0.29) is 0 Å². The van der Waals surface area contributed by atoms with Crippen LogP contribution in [0.4, 0.5) is 5.69 Å². The molecule has 4 nitrogen and oxygen atoms in total. The number of hydrogen-bond donors (Lipinski definition) is 0. The molecule has 2 heterocycles. The maximum absolute atomic E-state index is 9.93. The standard InChI is InChI=1S/C77H60N4/c1-45-25-46(2)30-60(29-45)55-12-20-73-68(38-55)69-39-56(61-31-47(3)26-48(4)32-61)13-21-74(69)80(73)64-17-19-72(79-10)66(43-64)67-42-59(65-18-11-54(44-78)37-53(65)9)16-24-75(67)81-76-22-14-57(62-33-49(5)27-50(6)34-62)40-70(76)71-41-58(15-23-77(71)81)63-35-51(7)28-52(8)36-63/h11-43H,1-9H3. The molecule has 0 unspecified atom stereocenters. The van der Waals surface area contributed by atoms with Gasteiger partial charge < -0.3 is 9.13 Å². The number of rotatable bonds is 8. The van der Waals surface area contributed by atoms with Crippen LogP contribution in [-0.4, -0.2) is 9.13 Å². The van der Waals surface area contributed by atoms with E-state index < -0.39 is 0 Å². The Morgan fingerprint density at radius 1 is 0.321 bits per heavy atom. The lowest BCUT2D eigenvalue weighted by Gasteiger charge is -2.19. The number of aryl methyl sites for hydroxylation is 9. The van der Waals surface area contributed by atoms with Crippen LogP contribution in [0, 0.1) is 80.2 Å². The molecule has 2 aromatic heterocycles. The molecule has 388 valence electrons. The fourth-order valence-corrected chi connectivity index (χ4v) is 13.0. The van der Waals surface area contributed by atoms with E-state index in [9.17, 15) is 5.26 Å². The number of hydrogen-bond acceptors (Lipinski definition) is 1. The minimum Gasteiger partial charge on any atom is -0.309 e. The third-order valence-corrected chi connectivity index (χ3v) is 16.3. The van der Waals surface area contributed by atoms with Crippen molar-refractivity contribution in [3.05, 3.63) is 267 Å². The Kier molecular flexibility index (Phi) is 12.3. The summed E-state index contributed by atoms with van der Waals surface area (Å²) in [6.07, 6.45) is 0. The van der Waals surface area contributed by atoms with Crippen molar-refractivity contribution in [2.45, 2.75) is 62.3 Å². The zero-order valence-corrected chi connectivity index (χ0v) is 47.3. The van der Waals surface area contributed by atoms with Gasteiger partial charge >= 0.3 is 0 Å². The highest BCUT2D eigenvalue weighted by atomic mass is 15.0. The maximum atomic E-state index is 9.93. The SMILES string of the molecule is [C-]#[N+]c1ccc(-n2c3ccc(-c4cc(C)cc(C)c4)cc3c3cc(-c4cc(C)cc(C)c4)ccc32)cc1-c1cc(-c2ccc(C#N)cc2C)ccc1-n1c2ccc(-c3cc(C)cc(C)c3)cc2c2cc(-c3cc(C)cc(C)c3)ccc21. The molecular formula is C77H60N4. The fourth-order valence-electron chi connectivity index (χ4n) is 13.0. The lowest BCUT2D eigenvalue weighted by Crippen LogP contribution is -2.00. The van der Waals surface area contributed by atoms with E-state index in [4.69, 9.17) is 6.57 Å². The van der Waals surface area contributed by atoms with Crippen molar-refractivity contribution in [3.63, 3.8) is 0 Å². The van der Waals surface area contributed by atoms with Crippen molar-refractivity contribution in [1.82, 2.24) is 9.13 Å². The molecule has 0 aliphatic rings. The Balaban J connectivity index is 1.08. The van der Waals surface area contributed by atoms with Gasteiger partial charge in [-0.3, -0.25) is 0 Å². The van der Waals surface area contributed by atoms with Gasteiger partial charge in [0.2, 0.25) is 0 Å². The van der Waals surface area contributed by atoms with E-state index in [1.165, 1.54) is 77.9 Å². The van der Waals surface area contributed by atoms with Crippen LogP contribution in [0.1, 0.15) is 55.6 Å². The molecule has 0 radical (unpaired) electrons. The van der Waals surface area contributed by atoms with Crippen LogP contribution in [-0.2, 0) is 0 Å². The van der Waals surface area contributed by atoms with E-state index in [0.29, 0.717) is 11.3 Å². The summed E-state index contributed by atoms with van der Waals surface area (Å²) < 4.78 is 4.80. The van der Waals surface area contributed by atoms with Gasteiger partial charge in [-0.05, 0) is 220 Å². The second kappa shape index (κ2) is 19.7. The van der Waals surface area contributed by atoms with Gasteiger partial charge in [-0.25, -0.2) is 4.85 Å². The first kappa shape index (κ1) is 50.5. The highest BCUT2D eigenvalue weighted by Crippen LogP contribution is 2.46. The van der Waals surface area contributed by atoms with E-state index >= 15 is 0 Å². The Hall–Kier alpha value is -10.0. The molecular weight excluding hydrogens is 981 g/mol. The Bertz CT molecular complexity index is 4590. The average molecular weight is 1040 g/mol. The normalized spacial score (nSPS) is 11.5. The van der Waals surface area contributed by atoms with Crippen LogP contribution in [0.2, 0.25) is 0 Å². The van der Waals surface area contributed by atoms with Crippen molar-refractivity contribution in [1.29, 1.82) is 5.26 Å². The molecule has 13 aromatic rings. The molecule has 81 heavy (non-hydrogen) atoms. The van der Waals surface area contributed by atoms with Gasteiger partial charge in [0.25, 0.3) is 0 Å². The summed E-state index contributed by atoms with van der Waals surface area (Å²) in [5, 5.41) is 14.5. The Morgan fingerprint density at radius 3 is 1.07 bits per heavy atom. The number of benzene rings is 11. The number of nitrogens with zero attached hydrogens (tertiary/aromatic N) is 4. The molecule has 0 aliphatic carbocycles. The molecule has 0 N–H and O–H groups in total. The Morgan fingerprint density at radius 2 is 0.704 bits per heavy atom. The van der Waals surface area contributed by atoms with Crippen molar-refractivity contribution in [3.8, 4) is 84.2 Å². The van der Waals surface area contributed by atoms with E-state index in [2.05, 4.69) is 264 Å². The Labute approximate surface area is 474 Å². The minimum atomic E-state index is 0.554. The van der Waals surface area contributed by atoms with Gasteiger partial charge in [0.15, 0.2) is 5.69 Å². The second-order valence-electron chi connectivity index (χ2n) is 22.8. The molecule has 11 aromatic carbocycles. The van der Waals surface area contributed by atoms with Crippen molar-refractivity contribution in [2.24, 2.45) is 0 Å². The summed E-state index contributed by atoms with van der Waals surface area (Å²) in [7, 11) is 0. The molecule has 0 spiro atoms. The van der Waals surface area contributed by atoms with Crippen LogP contribution < -0.4 is 0 Å². The lowest BCUT2D eigenvalue weighted by atomic mass is 9.93. The van der Waals surface area contributed by atoms with Gasteiger partial charge in [-0.15, -0.1) is 0 Å². The van der Waals surface area contributed by atoms with Crippen LogP contribution in [0.25, 0.3) is 127 Å². The van der Waals surface area contributed by atoms with Gasteiger partial charge in [0.1, 0.15) is 0 Å². The van der Waals surface area contributed by atoms with E-state index in [0.717, 1.165) is 93.9 Å².